The Bertz CT molecular complexity index is 135. The Kier molecular flexibility index (Phi) is 6.15. The third-order valence-electron chi connectivity index (χ3n) is 3.08. The zero-order valence-corrected chi connectivity index (χ0v) is 9.34. The Morgan fingerprint density at radius 1 is 1.29 bits per heavy atom. The van der Waals surface area contributed by atoms with Crippen LogP contribution in [0.3, 0.4) is 0 Å². The summed E-state index contributed by atoms with van der Waals surface area (Å²) in [5.41, 5.74) is 0. The van der Waals surface area contributed by atoms with Crippen LogP contribution in [-0.4, -0.2) is 49.3 Å². The van der Waals surface area contributed by atoms with E-state index in [1.165, 1.54) is 38.8 Å². The van der Waals surface area contributed by atoms with Gasteiger partial charge in [0, 0.05) is 19.2 Å². The fourth-order valence-corrected chi connectivity index (χ4v) is 2.02. The van der Waals surface area contributed by atoms with Crippen LogP contribution in [-0.2, 0) is 0 Å². The molecule has 1 unspecified atom stereocenters. The second kappa shape index (κ2) is 7.21. The van der Waals surface area contributed by atoms with Crippen molar-refractivity contribution < 1.29 is 5.11 Å². The maximum Gasteiger partial charge on any atom is 0.0431 e. The van der Waals surface area contributed by atoms with E-state index in [9.17, 15) is 0 Å². The van der Waals surface area contributed by atoms with Crippen molar-refractivity contribution >= 4 is 0 Å². The summed E-state index contributed by atoms with van der Waals surface area (Å²) in [4.78, 5) is 2.47. The first-order valence-corrected chi connectivity index (χ1v) is 5.86. The van der Waals surface area contributed by atoms with Gasteiger partial charge in [-0.15, -0.1) is 0 Å². The van der Waals surface area contributed by atoms with Crippen molar-refractivity contribution in [3.8, 4) is 0 Å². The van der Waals surface area contributed by atoms with Gasteiger partial charge in [-0.05, 0) is 39.4 Å². The summed E-state index contributed by atoms with van der Waals surface area (Å²) in [5, 5.41) is 12.0. The molecule has 3 heteroatoms. The number of nitrogens with zero attached hydrogens (tertiary/aromatic N) is 1. The Hall–Kier alpha value is -0.120. The topological polar surface area (TPSA) is 35.5 Å². The van der Waals surface area contributed by atoms with Crippen LogP contribution in [0, 0.1) is 0 Å². The Labute approximate surface area is 87.5 Å². The highest BCUT2D eigenvalue weighted by Crippen LogP contribution is 2.08. The van der Waals surface area contributed by atoms with Crippen LogP contribution < -0.4 is 5.32 Å². The summed E-state index contributed by atoms with van der Waals surface area (Å²) < 4.78 is 0. The minimum Gasteiger partial charge on any atom is -0.396 e. The third kappa shape index (κ3) is 4.40. The van der Waals surface area contributed by atoms with Gasteiger partial charge in [0.15, 0.2) is 0 Å². The van der Waals surface area contributed by atoms with Crippen molar-refractivity contribution in [2.45, 2.75) is 38.1 Å². The molecule has 0 bridgehead atoms. The molecule has 0 radical (unpaired) electrons. The van der Waals surface area contributed by atoms with Crippen molar-refractivity contribution in [1.29, 1.82) is 0 Å². The van der Waals surface area contributed by atoms with E-state index in [0.717, 1.165) is 19.0 Å². The predicted molar refractivity (Wildman–Crippen MR) is 59.5 cm³/mol. The highest BCUT2D eigenvalue weighted by molar-refractivity contribution is 4.78. The number of hydrogen-bond acceptors (Lipinski definition) is 3. The summed E-state index contributed by atoms with van der Waals surface area (Å²) in [7, 11) is 2.23. The minimum atomic E-state index is 0.350. The van der Waals surface area contributed by atoms with Crippen molar-refractivity contribution in [3.05, 3.63) is 0 Å². The minimum absolute atomic E-state index is 0.350. The van der Waals surface area contributed by atoms with E-state index in [2.05, 4.69) is 17.3 Å². The molecule has 0 saturated carbocycles. The predicted octanol–water partition coefficient (Wildman–Crippen LogP) is 0.833. The average Bonchev–Trinajstić information content (AvgIpc) is 2.70. The molecule has 1 heterocycles. The number of rotatable bonds is 7. The summed E-state index contributed by atoms with van der Waals surface area (Å²) in [6.45, 7) is 3.90. The second-order valence-corrected chi connectivity index (χ2v) is 4.27. The normalized spacial score (nSPS) is 22.1. The van der Waals surface area contributed by atoms with E-state index >= 15 is 0 Å². The third-order valence-corrected chi connectivity index (χ3v) is 3.08. The number of aliphatic hydroxyl groups is 1. The van der Waals surface area contributed by atoms with E-state index in [4.69, 9.17) is 5.11 Å². The molecule has 14 heavy (non-hydrogen) atoms. The average molecular weight is 200 g/mol. The molecule has 84 valence electrons. The number of aliphatic hydroxyl groups excluding tert-OH is 1. The lowest BCUT2D eigenvalue weighted by atomic mass is 10.1. The van der Waals surface area contributed by atoms with Gasteiger partial charge in [-0.3, -0.25) is 0 Å². The fraction of sp³-hybridized carbons (Fsp3) is 1.00. The molecule has 3 nitrogen and oxygen atoms in total. The van der Waals surface area contributed by atoms with Crippen LogP contribution in [0.15, 0.2) is 0 Å². The van der Waals surface area contributed by atoms with Crippen molar-refractivity contribution in [2.75, 3.05) is 33.3 Å². The maximum absolute atomic E-state index is 8.63. The molecule has 1 atom stereocenters. The maximum atomic E-state index is 8.63. The van der Waals surface area contributed by atoms with Gasteiger partial charge < -0.3 is 15.3 Å². The molecular formula is C11H24N2O. The van der Waals surface area contributed by atoms with Gasteiger partial charge in [0.25, 0.3) is 0 Å². The largest absolute Gasteiger partial charge is 0.396 e. The Morgan fingerprint density at radius 2 is 2.07 bits per heavy atom. The van der Waals surface area contributed by atoms with Crippen molar-refractivity contribution in [1.82, 2.24) is 10.2 Å². The summed E-state index contributed by atoms with van der Waals surface area (Å²) in [6.07, 6.45) is 5.97. The van der Waals surface area contributed by atoms with Crippen LogP contribution in [0.4, 0.5) is 0 Å². The second-order valence-electron chi connectivity index (χ2n) is 4.27. The SMILES string of the molecule is CN(CCCCCCO)C1CCNC1. The molecule has 0 aliphatic carbocycles. The first kappa shape index (κ1) is 12.0. The molecule has 0 aromatic rings. The number of unbranched alkanes of at least 4 members (excludes halogenated alkanes) is 3. The van der Waals surface area contributed by atoms with Crippen LogP contribution in [0.5, 0.6) is 0 Å². The first-order valence-electron chi connectivity index (χ1n) is 5.86. The molecule has 0 aromatic carbocycles. The van der Waals surface area contributed by atoms with Crippen LogP contribution in [0.2, 0.25) is 0 Å². The van der Waals surface area contributed by atoms with Crippen molar-refractivity contribution in [2.24, 2.45) is 0 Å². The van der Waals surface area contributed by atoms with Gasteiger partial charge in [-0.1, -0.05) is 12.8 Å². The van der Waals surface area contributed by atoms with Gasteiger partial charge in [0.2, 0.25) is 0 Å². The van der Waals surface area contributed by atoms with E-state index < -0.39 is 0 Å². The molecule has 1 aliphatic rings. The quantitative estimate of drug-likeness (QED) is 0.598. The van der Waals surface area contributed by atoms with Crippen molar-refractivity contribution in [3.63, 3.8) is 0 Å². The molecule has 0 amide bonds. The van der Waals surface area contributed by atoms with Crippen LogP contribution in [0.25, 0.3) is 0 Å². The van der Waals surface area contributed by atoms with Gasteiger partial charge in [-0.25, -0.2) is 0 Å². The summed E-state index contributed by atoms with van der Waals surface area (Å²) in [5.74, 6) is 0. The fourth-order valence-electron chi connectivity index (χ4n) is 2.02. The molecule has 1 fully saturated rings. The molecule has 0 spiro atoms. The molecule has 0 aromatic heterocycles. The molecule has 2 N–H and O–H groups in total. The number of likely N-dealkylation sites (N-methyl/N-ethyl adjacent to an activating group) is 1. The van der Waals surface area contributed by atoms with E-state index in [1.54, 1.807) is 0 Å². The van der Waals surface area contributed by atoms with Gasteiger partial charge >= 0.3 is 0 Å². The molecule has 1 rings (SSSR count). The van der Waals surface area contributed by atoms with E-state index in [0.29, 0.717) is 6.61 Å². The Balaban J connectivity index is 1.94. The number of nitrogens with one attached hydrogen (secondary N) is 1. The molecular weight excluding hydrogens is 176 g/mol. The smallest absolute Gasteiger partial charge is 0.0431 e. The van der Waals surface area contributed by atoms with Gasteiger partial charge in [0.1, 0.15) is 0 Å². The standard InChI is InChI=1S/C11H24N2O/c1-13(11-6-7-12-10-11)8-4-2-3-5-9-14/h11-12,14H,2-10H2,1H3. The Morgan fingerprint density at radius 3 is 2.71 bits per heavy atom. The van der Waals surface area contributed by atoms with Gasteiger partial charge in [-0.2, -0.15) is 0 Å². The van der Waals surface area contributed by atoms with Crippen LogP contribution in [0.1, 0.15) is 32.1 Å². The van der Waals surface area contributed by atoms with E-state index in [-0.39, 0.29) is 0 Å². The molecule has 1 saturated heterocycles. The lowest BCUT2D eigenvalue weighted by Crippen LogP contribution is -2.34. The summed E-state index contributed by atoms with van der Waals surface area (Å²) >= 11 is 0. The summed E-state index contributed by atoms with van der Waals surface area (Å²) in [6, 6.07) is 0.757. The van der Waals surface area contributed by atoms with E-state index in [1.807, 2.05) is 0 Å². The van der Waals surface area contributed by atoms with Crippen LogP contribution >= 0.6 is 0 Å². The first-order chi connectivity index (χ1) is 6.84. The highest BCUT2D eigenvalue weighted by atomic mass is 16.2. The lowest BCUT2D eigenvalue weighted by Gasteiger charge is -2.23. The zero-order chi connectivity index (χ0) is 10.2. The lowest BCUT2D eigenvalue weighted by molar-refractivity contribution is 0.246. The van der Waals surface area contributed by atoms with Gasteiger partial charge in [0.05, 0.1) is 0 Å². The monoisotopic (exact) mass is 200 g/mol. The highest BCUT2D eigenvalue weighted by Gasteiger charge is 2.17. The zero-order valence-electron chi connectivity index (χ0n) is 9.34. The molecule has 1 aliphatic heterocycles. The number of hydrogen-bond donors (Lipinski definition) is 2.